The SMILES string of the molecule is C=NC(=C)c1ccccc1. The van der Waals surface area contributed by atoms with Crippen LogP contribution in [-0.4, -0.2) is 6.72 Å². The molecule has 1 aromatic carbocycles. The molecule has 1 nitrogen and oxygen atoms in total. The Balaban J connectivity index is 2.95. The molecule has 0 aliphatic carbocycles. The number of hydrogen-bond acceptors (Lipinski definition) is 1. The summed E-state index contributed by atoms with van der Waals surface area (Å²) in [6.07, 6.45) is 0. The van der Waals surface area contributed by atoms with Crippen LogP contribution in [0.5, 0.6) is 0 Å². The molecule has 0 radical (unpaired) electrons. The van der Waals surface area contributed by atoms with Gasteiger partial charge in [-0.3, -0.25) is 4.99 Å². The van der Waals surface area contributed by atoms with Gasteiger partial charge in [0, 0.05) is 0 Å². The fourth-order valence-electron chi connectivity index (χ4n) is 0.722. The minimum atomic E-state index is 0.723. The van der Waals surface area contributed by atoms with Gasteiger partial charge < -0.3 is 0 Å². The lowest BCUT2D eigenvalue weighted by Gasteiger charge is -1.95. The van der Waals surface area contributed by atoms with Crippen LogP contribution in [0.15, 0.2) is 41.9 Å². The van der Waals surface area contributed by atoms with Crippen molar-refractivity contribution in [2.45, 2.75) is 0 Å². The first-order chi connectivity index (χ1) is 4.84. The van der Waals surface area contributed by atoms with E-state index in [0.29, 0.717) is 0 Å². The second kappa shape index (κ2) is 2.97. The van der Waals surface area contributed by atoms with Crippen molar-refractivity contribution in [3.05, 3.63) is 42.5 Å². The average Bonchev–Trinajstić information content (AvgIpc) is 2.05. The molecule has 0 amide bonds. The van der Waals surface area contributed by atoms with E-state index in [1.54, 1.807) is 0 Å². The average molecular weight is 131 g/mol. The quantitative estimate of drug-likeness (QED) is 0.546. The van der Waals surface area contributed by atoms with Crippen LogP contribution in [0, 0.1) is 0 Å². The number of benzene rings is 1. The molecule has 0 aliphatic rings. The first-order valence-corrected chi connectivity index (χ1v) is 3.05. The monoisotopic (exact) mass is 131 g/mol. The number of nitrogens with zero attached hydrogens (tertiary/aromatic N) is 1. The van der Waals surface area contributed by atoms with Gasteiger partial charge in [0.1, 0.15) is 0 Å². The van der Waals surface area contributed by atoms with Crippen LogP contribution in [0.1, 0.15) is 5.56 Å². The summed E-state index contributed by atoms with van der Waals surface area (Å²) >= 11 is 0. The maximum Gasteiger partial charge on any atom is 0.0622 e. The first kappa shape index (κ1) is 6.75. The molecular weight excluding hydrogens is 122 g/mol. The van der Waals surface area contributed by atoms with Crippen molar-refractivity contribution < 1.29 is 0 Å². The second-order valence-electron chi connectivity index (χ2n) is 1.97. The zero-order valence-electron chi connectivity index (χ0n) is 5.75. The summed E-state index contributed by atoms with van der Waals surface area (Å²) in [5, 5.41) is 0. The summed E-state index contributed by atoms with van der Waals surface area (Å²) < 4.78 is 0. The van der Waals surface area contributed by atoms with Gasteiger partial charge in [0.25, 0.3) is 0 Å². The maximum absolute atomic E-state index is 3.71. The van der Waals surface area contributed by atoms with Gasteiger partial charge in [-0.25, -0.2) is 0 Å². The third-order valence-electron chi connectivity index (χ3n) is 1.30. The molecule has 10 heavy (non-hydrogen) atoms. The molecule has 0 atom stereocenters. The first-order valence-electron chi connectivity index (χ1n) is 3.05. The van der Waals surface area contributed by atoms with Gasteiger partial charge in [-0.2, -0.15) is 0 Å². The molecule has 0 spiro atoms. The molecule has 1 heteroatoms. The Morgan fingerprint density at radius 1 is 1.20 bits per heavy atom. The van der Waals surface area contributed by atoms with E-state index >= 15 is 0 Å². The second-order valence-corrected chi connectivity index (χ2v) is 1.97. The van der Waals surface area contributed by atoms with Crippen LogP contribution in [0.3, 0.4) is 0 Å². The molecule has 0 unspecified atom stereocenters. The molecule has 0 saturated carbocycles. The summed E-state index contributed by atoms with van der Waals surface area (Å²) in [5.74, 6) is 0. The van der Waals surface area contributed by atoms with Crippen molar-refractivity contribution in [1.29, 1.82) is 0 Å². The van der Waals surface area contributed by atoms with Crippen molar-refractivity contribution in [1.82, 2.24) is 0 Å². The zero-order valence-corrected chi connectivity index (χ0v) is 5.75. The summed E-state index contributed by atoms with van der Waals surface area (Å²) in [7, 11) is 0. The van der Waals surface area contributed by atoms with E-state index in [2.05, 4.69) is 18.3 Å². The lowest BCUT2D eigenvalue weighted by molar-refractivity contribution is 1.54. The molecule has 0 aromatic heterocycles. The molecule has 0 N–H and O–H groups in total. The van der Waals surface area contributed by atoms with Crippen LogP contribution in [-0.2, 0) is 0 Å². The smallest absolute Gasteiger partial charge is 0.0622 e. The highest BCUT2D eigenvalue weighted by molar-refractivity contribution is 5.65. The van der Waals surface area contributed by atoms with Crippen molar-refractivity contribution >= 4 is 12.4 Å². The Kier molecular flexibility index (Phi) is 2.00. The van der Waals surface area contributed by atoms with E-state index in [9.17, 15) is 0 Å². The third-order valence-corrected chi connectivity index (χ3v) is 1.30. The van der Waals surface area contributed by atoms with Gasteiger partial charge in [-0.15, -0.1) is 0 Å². The molecule has 0 bridgehead atoms. The Morgan fingerprint density at radius 3 is 2.30 bits per heavy atom. The Morgan fingerprint density at radius 2 is 1.80 bits per heavy atom. The van der Waals surface area contributed by atoms with E-state index in [1.807, 2.05) is 30.3 Å². The number of rotatable bonds is 2. The molecule has 0 heterocycles. The lowest BCUT2D eigenvalue weighted by atomic mass is 10.2. The maximum atomic E-state index is 3.71. The molecule has 1 aromatic rings. The predicted molar refractivity (Wildman–Crippen MR) is 45.0 cm³/mol. The minimum Gasteiger partial charge on any atom is -0.265 e. The fraction of sp³-hybridized carbons (Fsp3) is 0. The summed E-state index contributed by atoms with van der Waals surface area (Å²) in [4.78, 5) is 3.71. The molecule has 0 aliphatic heterocycles. The van der Waals surface area contributed by atoms with Crippen LogP contribution >= 0.6 is 0 Å². The molecule has 1 rings (SSSR count). The topological polar surface area (TPSA) is 12.4 Å². The molecular formula is C9H9N. The zero-order chi connectivity index (χ0) is 7.40. The number of aliphatic imine (C=N–C) groups is 1. The lowest BCUT2D eigenvalue weighted by Crippen LogP contribution is -1.74. The van der Waals surface area contributed by atoms with Gasteiger partial charge >= 0.3 is 0 Å². The van der Waals surface area contributed by atoms with Gasteiger partial charge in [0.15, 0.2) is 0 Å². The van der Waals surface area contributed by atoms with Gasteiger partial charge in [0.2, 0.25) is 0 Å². The highest BCUT2D eigenvalue weighted by Gasteiger charge is 1.90. The molecule has 0 saturated heterocycles. The Hall–Kier alpha value is -1.37. The van der Waals surface area contributed by atoms with E-state index in [1.165, 1.54) is 0 Å². The number of hydrogen-bond donors (Lipinski definition) is 0. The molecule has 0 fully saturated rings. The van der Waals surface area contributed by atoms with E-state index in [4.69, 9.17) is 0 Å². The summed E-state index contributed by atoms with van der Waals surface area (Å²) in [5.41, 5.74) is 1.75. The van der Waals surface area contributed by atoms with Crippen LogP contribution < -0.4 is 0 Å². The normalized spacial score (nSPS) is 8.80. The van der Waals surface area contributed by atoms with Gasteiger partial charge in [-0.1, -0.05) is 36.9 Å². The van der Waals surface area contributed by atoms with Gasteiger partial charge in [0.05, 0.1) is 5.70 Å². The predicted octanol–water partition coefficient (Wildman–Crippen LogP) is 2.36. The van der Waals surface area contributed by atoms with Crippen molar-refractivity contribution in [3.63, 3.8) is 0 Å². The van der Waals surface area contributed by atoms with E-state index < -0.39 is 0 Å². The van der Waals surface area contributed by atoms with Crippen LogP contribution in [0.4, 0.5) is 0 Å². The summed E-state index contributed by atoms with van der Waals surface area (Å²) in [6.45, 7) is 7.10. The van der Waals surface area contributed by atoms with Crippen LogP contribution in [0.2, 0.25) is 0 Å². The highest BCUT2D eigenvalue weighted by atomic mass is 14.7. The minimum absolute atomic E-state index is 0.723. The summed E-state index contributed by atoms with van der Waals surface area (Å²) in [6, 6.07) is 9.77. The fourth-order valence-corrected chi connectivity index (χ4v) is 0.722. The Labute approximate surface area is 60.7 Å². The van der Waals surface area contributed by atoms with Crippen molar-refractivity contribution in [2.75, 3.05) is 0 Å². The Bertz CT molecular complexity index is 236. The van der Waals surface area contributed by atoms with Gasteiger partial charge in [-0.05, 0) is 12.3 Å². The van der Waals surface area contributed by atoms with Crippen LogP contribution in [0.25, 0.3) is 5.70 Å². The van der Waals surface area contributed by atoms with E-state index in [-0.39, 0.29) is 0 Å². The van der Waals surface area contributed by atoms with Crippen molar-refractivity contribution in [3.8, 4) is 0 Å². The largest absolute Gasteiger partial charge is 0.265 e. The highest BCUT2D eigenvalue weighted by Crippen LogP contribution is 2.10. The molecule has 50 valence electrons. The third kappa shape index (κ3) is 1.32. The standard InChI is InChI=1S/C9H9N/c1-8(10-2)9-6-4-3-5-7-9/h3-7H,1-2H2. The van der Waals surface area contributed by atoms with E-state index in [0.717, 1.165) is 11.3 Å². The van der Waals surface area contributed by atoms with Crippen molar-refractivity contribution in [2.24, 2.45) is 4.99 Å².